The fourth-order valence-electron chi connectivity index (χ4n) is 2.07. The number of rotatable bonds is 2. The standard InChI is InChI=1S/C15H12BrNO2/c1-9-5-11(8-17-7-9)14(18)13-6-10-3-2-4-12(16)15(10)19-13/h2-8,14,18H,1H3. The van der Waals surface area contributed by atoms with Gasteiger partial charge in [-0.15, -0.1) is 0 Å². The summed E-state index contributed by atoms with van der Waals surface area (Å²) in [5, 5.41) is 11.3. The number of aliphatic hydroxyl groups excluding tert-OH is 1. The number of aryl methyl sites for hydroxylation is 1. The van der Waals surface area contributed by atoms with Crippen LogP contribution < -0.4 is 0 Å². The molecule has 2 heterocycles. The van der Waals surface area contributed by atoms with E-state index in [1.54, 1.807) is 12.4 Å². The van der Waals surface area contributed by atoms with Gasteiger partial charge in [0.25, 0.3) is 0 Å². The molecule has 0 bridgehead atoms. The van der Waals surface area contributed by atoms with Crippen LogP contribution in [0.5, 0.6) is 0 Å². The number of pyridine rings is 1. The lowest BCUT2D eigenvalue weighted by atomic mass is 10.1. The molecule has 96 valence electrons. The van der Waals surface area contributed by atoms with E-state index >= 15 is 0 Å². The summed E-state index contributed by atoms with van der Waals surface area (Å²) in [4.78, 5) is 4.09. The third kappa shape index (κ3) is 2.29. The van der Waals surface area contributed by atoms with E-state index in [0.29, 0.717) is 5.76 Å². The largest absolute Gasteiger partial charge is 0.457 e. The molecule has 2 aromatic heterocycles. The molecule has 0 saturated heterocycles. The summed E-state index contributed by atoms with van der Waals surface area (Å²) in [6.07, 6.45) is 2.61. The van der Waals surface area contributed by atoms with Crippen LogP contribution in [-0.4, -0.2) is 10.1 Å². The summed E-state index contributed by atoms with van der Waals surface area (Å²) in [6.45, 7) is 1.94. The average Bonchev–Trinajstić information content (AvgIpc) is 2.83. The predicted molar refractivity (Wildman–Crippen MR) is 76.9 cm³/mol. The van der Waals surface area contributed by atoms with Crippen LogP contribution in [0.2, 0.25) is 0 Å². The minimum atomic E-state index is -0.799. The SMILES string of the molecule is Cc1cncc(C(O)c2cc3cccc(Br)c3o2)c1. The highest BCUT2D eigenvalue weighted by atomic mass is 79.9. The number of fused-ring (bicyclic) bond motifs is 1. The third-order valence-corrected chi connectivity index (χ3v) is 3.62. The monoisotopic (exact) mass is 317 g/mol. The quantitative estimate of drug-likeness (QED) is 0.777. The molecule has 0 amide bonds. The fourth-order valence-corrected chi connectivity index (χ4v) is 2.54. The molecule has 1 aromatic carbocycles. The molecule has 1 N–H and O–H groups in total. The molecule has 1 atom stereocenters. The zero-order valence-corrected chi connectivity index (χ0v) is 11.9. The molecule has 0 saturated carbocycles. The molecule has 0 aliphatic heterocycles. The lowest BCUT2D eigenvalue weighted by Gasteiger charge is -2.07. The molecular weight excluding hydrogens is 306 g/mol. The van der Waals surface area contributed by atoms with E-state index in [1.807, 2.05) is 37.3 Å². The molecule has 3 aromatic rings. The molecule has 3 rings (SSSR count). The van der Waals surface area contributed by atoms with Gasteiger partial charge in [-0.3, -0.25) is 4.98 Å². The number of furan rings is 1. The number of aromatic nitrogens is 1. The lowest BCUT2D eigenvalue weighted by Crippen LogP contribution is -1.99. The van der Waals surface area contributed by atoms with Crippen molar-refractivity contribution in [1.82, 2.24) is 4.98 Å². The van der Waals surface area contributed by atoms with E-state index in [2.05, 4.69) is 20.9 Å². The first-order chi connectivity index (χ1) is 9.15. The number of hydrogen-bond acceptors (Lipinski definition) is 3. The zero-order valence-electron chi connectivity index (χ0n) is 10.3. The second kappa shape index (κ2) is 4.79. The predicted octanol–water partition coefficient (Wildman–Crippen LogP) is 3.98. The molecule has 1 unspecified atom stereocenters. The Bertz CT molecular complexity index is 736. The van der Waals surface area contributed by atoms with E-state index in [-0.39, 0.29) is 0 Å². The smallest absolute Gasteiger partial charge is 0.148 e. The number of benzene rings is 1. The Morgan fingerprint density at radius 3 is 2.84 bits per heavy atom. The summed E-state index contributed by atoms with van der Waals surface area (Å²) >= 11 is 3.44. The minimum absolute atomic E-state index is 0.523. The van der Waals surface area contributed by atoms with Crippen molar-refractivity contribution >= 4 is 26.9 Å². The minimum Gasteiger partial charge on any atom is -0.457 e. The summed E-state index contributed by atoms with van der Waals surface area (Å²) < 4.78 is 6.61. The Hall–Kier alpha value is -1.65. The number of hydrogen-bond donors (Lipinski definition) is 1. The molecule has 3 nitrogen and oxygen atoms in total. The molecule has 0 radical (unpaired) electrons. The maximum Gasteiger partial charge on any atom is 0.148 e. The van der Waals surface area contributed by atoms with Gasteiger partial charge in [-0.05, 0) is 46.6 Å². The van der Waals surface area contributed by atoms with Crippen molar-refractivity contribution in [2.45, 2.75) is 13.0 Å². The maximum absolute atomic E-state index is 10.4. The van der Waals surface area contributed by atoms with E-state index in [1.165, 1.54) is 0 Å². The van der Waals surface area contributed by atoms with Crippen molar-refractivity contribution in [2.24, 2.45) is 0 Å². The Morgan fingerprint density at radius 1 is 1.26 bits per heavy atom. The summed E-state index contributed by atoms with van der Waals surface area (Å²) in [5.41, 5.74) is 2.49. The van der Waals surface area contributed by atoms with Crippen molar-refractivity contribution in [2.75, 3.05) is 0 Å². The van der Waals surface area contributed by atoms with Crippen LogP contribution in [0.3, 0.4) is 0 Å². The van der Waals surface area contributed by atoms with Crippen molar-refractivity contribution < 1.29 is 9.52 Å². The van der Waals surface area contributed by atoms with Crippen LogP contribution in [0.1, 0.15) is 23.0 Å². The van der Waals surface area contributed by atoms with Crippen molar-refractivity contribution in [3.63, 3.8) is 0 Å². The highest BCUT2D eigenvalue weighted by molar-refractivity contribution is 9.10. The van der Waals surface area contributed by atoms with Gasteiger partial charge in [0, 0.05) is 23.3 Å². The normalized spacial score (nSPS) is 12.8. The second-order valence-corrected chi connectivity index (χ2v) is 5.36. The topological polar surface area (TPSA) is 46.3 Å². The van der Waals surface area contributed by atoms with Crippen molar-refractivity contribution in [3.8, 4) is 0 Å². The van der Waals surface area contributed by atoms with Gasteiger partial charge in [-0.2, -0.15) is 0 Å². The van der Waals surface area contributed by atoms with Gasteiger partial charge in [0.1, 0.15) is 17.4 Å². The molecule has 0 aliphatic carbocycles. The Balaban J connectivity index is 2.06. The molecule has 0 spiro atoms. The first kappa shape index (κ1) is 12.4. The number of nitrogens with zero attached hydrogens (tertiary/aromatic N) is 1. The van der Waals surface area contributed by atoms with E-state index in [0.717, 1.165) is 26.6 Å². The highest BCUT2D eigenvalue weighted by Crippen LogP contribution is 2.31. The van der Waals surface area contributed by atoms with Crippen LogP contribution in [0.25, 0.3) is 11.0 Å². The first-order valence-corrected chi connectivity index (χ1v) is 6.72. The molecule has 19 heavy (non-hydrogen) atoms. The van der Waals surface area contributed by atoms with Gasteiger partial charge >= 0.3 is 0 Å². The van der Waals surface area contributed by atoms with Gasteiger partial charge in [0.2, 0.25) is 0 Å². The van der Waals surface area contributed by atoms with Crippen molar-refractivity contribution in [1.29, 1.82) is 0 Å². The summed E-state index contributed by atoms with van der Waals surface area (Å²) in [6, 6.07) is 9.56. The molecule has 4 heteroatoms. The van der Waals surface area contributed by atoms with Gasteiger partial charge in [0.05, 0.1) is 4.47 Å². The average molecular weight is 318 g/mol. The fraction of sp³-hybridized carbons (Fsp3) is 0.133. The van der Waals surface area contributed by atoms with Gasteiger partial charge in [0.15, 0.2) is 0 Å². The molecule has 0 fully saturated rings. The molecule has 0 aliphatic rings. The number of halogens is 1. The Morgan fingerprint density at radius 2 is 2.11 bits per heavy atom. The van der Waals surface area contributed by atoms with Gasteiger partial charge < -0.3 is 9.52 Å². The lowest BCUT2D eigenvalue weighted by molar-refractivity contribution is 0.192. The number of aliphatic hydroxyl groups is 1. The first-order valence-electron chi connectivity index (χ1n) is 5.93. The highest BCUT2D eigenvalue weighted by Gasteiger charge is 2.17. The maximum atomic E-state index is 10.4. The Labute approximate surface area is 119 Å². The third-order valence-electron chi connectivity index (χ3n) is 3.00. The van der Waals surface area contributed by atoms with Crippen LogP contribution in [0, 0.1) is 6.92 Å². The Kier molecular flexibility index (Phi) is 3.12. The van der Waals surface area contributed by atoms with E-state index in [4.69, 9.17) is 4.42 Å². The van der Waals surface area contributed by atoms with Crippen molar-refractivity contribution in [3.05, 3.63) is 64.1 Å². The number of para-hydroxylation sites is 1. The van der Waals surface area contributed by atoms with Crippen LogP contribution >= 0.6 is 15.9 Å². The van der Waals surface area contributed by atoms with Crippen LogP contribution in [-0.2, 0) is 0 Å². The molecular formula is C15H12BrNO2. The van der Waals surface area contributed by atoms with E-state index in [9.17, 15) is 5.11 Å². The van der Waals surface area contributed by atoms with Crippen LogP contribution in [0.15, 0.2) is 51.6 Å². The second-order valence-electron chi connectivity index (χ2n) is 4.51. The summed E-state index contributed by atoms with van der Waals surface area (Å²) in [7, 11) is 0. The zero-order chi connectivity index (χ0) is 13.4. The van der Waals surface area contributed by atoms with E-state index < -0.39 is 6.10 Å². The van der Waals surface area contributed by atoms with Gasteiger partial charge in [-0.1, -0.05) is 12.1 Å². The van der Waals surface area contributed by atoms with Crippen LogP contribution in [0.4, 0.5) is 0 Å². The van der Waals surface area contributed by atoms with Gasteiger partial charge in [-0.25, -0.2) is 0 Å². The summed E-state index contributed by atoms with van der Waals surface area (Å²) in [5.74, 6) is 0.523.